The third-order valence-corrected chi connectivity index (χ3v) is 2.61. The number of carbonyl (C=O) groups is 1. The molecule has 0 aliphatic rings. The molecule has 0 atom stereocenters. The number of nitrogens with zero attached hydrogens (tertiary/aromatic N) is 1. The molecular formula is C12H15FN2O6S. The van der Waals surface area contributed by atoms with Crippen LogP contribution >= 0.6 is 0 Å². The molecule has 2 rings (SSSR count). The SMILES string of the molecule is COCCn1cc(C(=O)O)c2cc(F)ccc21.NS(=O)(=O)O. The van der Waals surface area contributed by atoms with Gasteiger partial charge in [0.25, 0.3) is 0 Å². The minimum Gasteiger partial charge on any atom is -0.478 e. The standard InChI is InChI=1S/C12H12FNO3.H3NO3S/c1-17-5-4-14-7-10(12(15)16)9-6-8(13)2-3-11(9)14;1-5(2,3)4/h2-3,6-7H,4-5H2,1H3,(H,15,16);(H3,1,2,3,4). The lowest BCUT2D eigenvalue weighted by Crippen LogP contribution is -2.08. The van der Waals surface area contributed by atoms with Gasteiger partial charge in [-0.05, 0) is 18.2 Å². The van der Waals surface area contributed by atoms with Crippen LogP contribution in [0, 0.1) is 5.82 Å². The van der Waals surface area contributed by atoms with Crippen molar-refractivity contribution in [3.63, 3.8) is 0 Å². The van der Waals surface area contributed by atoms with E-state index in [0.29, 0.717) is 24.1 Å². The van der Waals surface area contributed by atoms with Gasteiger partial charge < -0.3 is 14.4 Å². The highest BCUT2D eigenvalue weighted by molar-refractivity contribution is 7.83. The number of ether oxygens (including phenoxy) is 1. The van der Waals surface area contributed by atoms with Crippen molar-refractivity contribution in [2.45, 2.75) is 6.54 Å². The maximum atomic E-state index is 13.1. The van der Waals surface area contributed by atoms with Crippen molar-refractivity contribution in [3.8, 4) is 0 Å². The van der Waals surface area contributed by atoms with Gasteiger partial charge in [0.05, 0.1) is 12.2 Å². The molecule has 0 aliphatic heterocycles. The second-order valence-corrected chi connectivity index (χ2v) is 5.24. The van der Waals surface area contributed by atoms with Crippen molar-refractivity contribution in [1.82, 2.24) is 4.57 Å². The molecule has 2 aromatic rings. The van der Waals surface area contributed by atoms with Crippen LogP contribution in [0.2, 0.25) is 0 Å². The molecule has 10 heteroatoms. The van der Waals surface area contributed by atoms with Crippen molar-refractivity contribution in [2.75, 3.05) is 13.7 Å². The van der Waals surface area contributed by atoms with Crippen molar-refractivity contribution in [1.29, 1.82) is 0 Å². The molecule has 0 saturated heterocycles. The van der Waals surface area contributed by atoms with E-state index in [2.05, 4.69) is 5.14 Å². The Labute approximate surface area is 125 Å². The number of aromatic carboxylic acids is 1. The summed E-state index contributed by atoms with van der Waals surface area (Å²) in [7, 11) is -2.59. The van der Waals surface area contributed by atoms with Crippen molar-refractivity contribution in [2.24, 2.45) is 5.14 Å². The molecule has 1 aromatic carbocycles. The van der Waals surface area contributed by atoms with Gasteiger partial charge in [-0.2, -0.15) is 8.42 Å². The molecule has 1 aromatic heterocycles. The van der Waals surface area contributed by atoms with Crippen LogP contribution in [0.5, 0.6) is 0 Å². The second-order valence-electron chi connectivity index (χ2n) is 4.21. The lowest BCUT2D eigenvalue weighted by Gasteiger charge is -2.03. The Bertz CT molecular complexity index is 763. The van der Waals surface area contributed by atoms with E-state index in [9.17, 15) is 9.18 Å². The largest absolute Gasteiger partial charge is 0.478 e. The molecule has 0 spiro atoms. The van der Waals surface area contributed by atoms with Gasteiger partial charge in [-0.3, -0.25) is 4.55 Å². The molecule has 8 nitrogen and oxygen atoms in total. The molecule has 0 radical (unpaired) electrons. The van der Waals surface area contributed by atoms with E-state index < -0.39 is 22.1 Å². The maximum Gasteiger partial charge on any atom is 0.337 e. The Hall–Kier alpha value is -2.01. The second kappa shape index (κ2) is 7.31. The average molecular weight is 334 g/mol. The molecule has 0 aliphatic carbocycles. The summed E-state index contributed by atoms with van der Waals surface area (Å²) < 4.78 is 45.0. The number of hydrogen-bond acceptors (Lipinski definition) is 4. The first-order valence-electron chi connectivity index (χ1n) is 5.89. The summed E-state index contributed by atoms with van der Waals surface area (Å²) in [6.45, 7) is 1.01. The highest BCUT2D eigenvalue weighted by atomic mass is 32.2. The van der Waals surface area contributed by atoms with Gasteiger partial charge in [-0.1, -0.05) is 0 Å². The van der Waals surface area contributed by atoms with Crippen LogP contribution in [-0.2, 0) is 21.6 Å². The minimum absolute atomic E-state index is 0.107. The highest BCUT2D eigenvalue weighted by Crippen LogP contribution is 2.22. The summed E-state index contributed by atoms with van der Waals surface area (Å²) >= 11 is 0. The van der Waals surface area contributed by atoms with E-state index in [4.69, 9.17) is 22.8 Å². The van der Waals surface area contributed by atoms with E-state index in [-0.39, 0.29) is 5.56 Å². The summed E-state index contributed by atoms with van der Waals surface area (Å²) in [6, 6.07) is 4.13. The normalized spacial score (nSPS) is 11.1. The van der Waals surface area contributed by atoms with Gasteiger partial charge in [0.2, 0.25) is 0 Å². The van der Waals surface area contributed by atoms with Crippen LogP contribution in [0.4, 0.5) is 4.39 Å². The van der Waals surface area contributed by atoms with E-state index in [1.807, 2.05) is 0 Å². The van der Waals surface area contributed by atoms with Gasteiger partial charge in [-0.15, -0.1) is 0 Å². The van der Waals surface area contributed by atoms with Crippen LogP contribution in [0.1, 0.15) is 10.4 Å². The molecule has 0 amide bonds. The first-order valence-corrected chi connectivity index (χ1v) is 7.39. The molecular weight excluding hydrogens is 319 g/mol. The number of carboxylic acid groups (broad SMARTS) is 1. The van der Waals surface area contributed by atoms with Gasteiger partial charge >= 0.3 is 16.3 Å². The quantitative estimate of drug-likeness (QED) is 0.711. The maximum absolute atomic E-state index is 13.1. The van der Waals surface area contributed by atoms with E-state index >= 15 is 0 Å². The van der Waals surface area contributed by atoms with Crippen LogP contribution in [-0.4, -0.2) is 42.3 Å². The molecule has 122 valence electrons. The van der Waals surface area contributed by atoms with E-state index in [1.165, 1.54) is 18.3 Å². The van der Waals surface area contributed by atoms with Gasteiger partial charge in [0, 0.05) is 30.8 Å². The van der Waals surface area contributed by atoms with Gasteiger partial charge in [0.15, 0.2) is 0 Å². The predicted molar refractivity (Wildman–Crippen MR) is 76.5 cm³/mol. The van der Waals surface area contributed by atoms with E-state index in [0.717, 1.165) is 0 Å². The number of rotatable bonds is 4. The monoisotopic (exact) mass is 334 g/mol. The Morgan fingerprint density at radius 2 is 2.05 bits per heavy atom. The third-order valence-electron chi connectivity index (χ3n) is 2.61. The zero-order valence-corrected chi connectivity index (χ0v) is 12.4. The number of nitrogens with two attached hydrogens (primary N) is 1. The van der Waals surface area contributed by atoms with E-state index in [1.54, 1.807) is 17.7 Å². The fourth-order valence-corrected chi connectivity index (χ4v) is 1.81. The number of fused-ring (bicyclic) bond motifs is 1. The van der Waals surface area contributed by atoms with Crippen LogP contribution in [0.3, 0.4) is 0 Å². The molecule has 22 heavy (non-hydrogen) atoms. The number of aromatic nitrogens is 1. The Morgan fingerprint density at radius 3 is 2.55 bits per heavy atom. The predicted octanol–water partition coefficient (Wildman–Crippen LogP) is 0.873. The number of hydrogen-bond donors (Lipinski definition) is 3. The lowest BCUT2D eigenvalue weighted by atomic mass is 10.2. The smallest absolute Gasteiger partial charge is 0.337 e. The number of benzene rings is 1. The topological polar surface area (TPSA) is 132 Å². The summed E-state index contributed by atoms with van der Waals surface area (Å²) in [4.78, 5) is 11.0. The first kappa shape index (κ1) is 18.0. The van der Waals surface area contributed by atoms with Crippen molar-refractivity contribution in [3.05, 3.63) is 35.8 Å². The molecule has 4 N–H and O–H groups in total. The Morgan fingerprint density at radius 1 is 1.45 bits per heavy atom. The highest BCUT2D eigenvalue weighted by Gasteiger charge is 2.14. The zero-order valence-electron chi connectivity index (χ0n) is 11.6. The molecule has 1 heterocycles. The molecule has 0 fully saturated rings. The van der Waals surface area contributed by atoms with Crippen LogP contribution in [0.25, 0.3) is 10.9 Å². The Balaban J connectivity index is 0.000000422. The molecule has 0 unspecified atom stereocenters. The van der Waals surface area contributed by atoms with Crippen LogP contribution < -0.4 is 5.14 Å². The van der Waals surface area contributed by atoms with Crippen LogP contribution in [0.15, 0.2) is 24.4 Å². The first-order chi connectivity index (χ1) is 10.1. The number of halogens is 1. The minimum atomic E-state index is -4.17. The fraction of sp³-hybridized carbons (Fsp3) is 0.250. The number of carboxylic acids is 1. The summed E-state index contributed by atoms with van der Waals surface area (Å²) in [5.74, 6) is -1.50. The van der Waals surface area contributed by atoms with Crippen molar-refractivity contribution >= 4 is 27.2 Å². The molecule has 0 saturated carbocycles. The van der Waals surface area contributed by atoms with Crippen molar-refractivity contribution < 1.29 is 32.0 Å². The Kier molecular flexibility index (Phi) is 6.00. The zero-order chi connectivity index (χ0) is 16.9. The lowest BCUT2D eigenvalue weighted by molar-refractivity contribution is 0.0698. The average Bonchev–Trinajstić information content (AvgIpc) is 2.72. The summed E-state index contributed by atoms with van der Waals surface area (Å²) in [5.41, 5.74) is 0.802. The fourth-order valence-electron chi connectivity index (χ4n) is 1.81. The summed E-state index contributed by atoms with van der Waals surface area (Å²) in [5, 5.41) is 13.3. The number of methoxy groups -OCH3 is 1. The van der Waals surface area contributed by atoms with Gasteiger partial charge in [0.1, 0.15) is 5.82 Å². The molecule has 0 bridgehead atoms. The third kappa shape index (κ3) is 5.41. The van der Waals surface area contributed by atoms with Gasteiger partial charge in [-0.25, -0.2) is 14.3 Å². The summed E-state index contributed by atoms with van der Waals surface area (Å²) in [6.07, 6.45) is 1.51.